The molecule has 72 valence electrons. The summed E-state index contributed by atoms with van der Waals surface area (Å²) in [6, 6.07) is 1.92. The summed E-state index contributed by atoms with van der Waals surface area (Å²) in [6.07, 6.45) is 7.87. The third kappa shape index (κ3) is 1.59. The minimum Gasteiger partial charge on any atom is -0.397 e. The standard InChI is InChI=1S/C10H12N4/c1-14-5-4-13-10(14)6-8-2-3-12-7-9(8)11/h2-5,7H,6,11H2,1H3. The lowest BCUT2D eigenvalue weighted by atomic mass is 10.1. The number of rotatable bonds is 2. The van der Waals surface area contributed by atoms with E-state index in [1.807, 2.05) is 23.9 Å². The zero-order valence-corrected chi connectivity index (χ0v) is 8.01. The van der Waals surface area contributed by atoms with Gasteiger partial charge >= 0.3 is 0 Å². The highest BCUT2D eigenvalue weighted by Crippen LogP contribution is 2.12. The van der Waals surface area contributed by atoms with Gasteiger partial charge in [0.25, 0.3) is 0 Å². The Labute approximate surface area is 82.4 Å². The van der Waals surface area contributed by atoms with Crippen LogP contribution < -0.4 is 5.73 Å². The Hall–Kier alpha value is -1.84. The minimum absolute atomic E-state index is 0.718. The Morgan fingerprint density at radius 2 is 2.29 bits per heavy atom. The van der Waals surface area contributed by atoms with Crippen LogP contribution in [0.25, 0.3) is 0 Å². The summed E-state index contributed by atoms with van der Waals surface area (Å²) in [5, 5.41) is 0. The molecule has 0 aliphatic rings. The zero-order chi connectivity index (χ0) is 9.97. The first-order valence-electron chi connectivity index (χ1n) is 4.42. The molecule has 0 amide bonds. The monoisotopic (exact) mass is 188 g/mol. The number of nitrogens with two attached hydrogens (primary N) is 1. The summed E-state index contributed by atoms with van der Waals surface area (Å²) in [7, 11) is 1.97. The average Bonchev–Trinajstić information content (AvgIpc) is 2.56. The molecule has 2 rings (SSSR count). The van der Waals surface area contributed by atoms with Gasteiger partial charge in [0.15, 0.2) is 0 Å². The van der Waals surface area contributed by atoms with Gasteiger partial charge in [-0.1, -0.05) is 0 Å². The molecule has 2 N–H and O–H groups in total. The van der Waals surface area contributed by atoms with Gasteiger partial charge in [0.1, 0.15) is 5.82 Å². The normalized spacial score (nSPS) is 10.4. The van der Waals surface area contributed by atoms with E-state index in [0.717, 1.165) is 23.5 Å². The predicted octanol–water partition coefficient (Wildman–Crippen LogP) is 0.988. The summed E-state index contributed by atoms with van der Waals surface area (Å²) in [5.74, 6) is 1.00. The zero-order valence-electron chi connectivity index (χ0n) is 8.01. The lowest BCUT2D eigenvalue weighted by Gasteiger charge is -2.04. The van der Waals surface area contributed by atoms with E-state index < -0.39 is 0 Å². The molecule has 4 heteroatoms. The lowest BCUT2D eigenvalue weighted by molar-refractivity contribution is 0.822. The van der Waals surface area contributed by atoms with Crippen LogP contribution in [0, 0.1) is 0 Å². The van der Waals surface area contributed by atoms with Crippen LogP contribution in [0.5, 0.6) is 0 Å². The molecule has 0 aromatic carbocycles. The fourth-order valence-corrected chi connectivity index (χ4v) is 1.33. The quantitative estimate of drug-likeness (QED) is 0.764. The highest BCUT2D eigenvalue weighted by Gasteiger charge is 2.03. The number of nitrogen functional groups attached to an aromatic ring is 1. The molecular formula is C10H12N4. The maximum atomic E-state index is 5.79. The van der Waals surface area contributed by atoms with Gasteiger partial charge in [0.05, 0.1) is 11.9 Å². The number of imidazole rings is 1. The Kier molecular flexibility index (Phi) is 2.18. The van der Waals surface area contributed by atoms with Crippen LogP contribution in [0.1, 0.15) is 11.4 Å². The van der Waals surface area contributed by atoms with E-state index >= 15 is 0 Å². The van der Waals surface area contributed by atoms with Crippen LogP contribution in [0.3, 0.4) is 0 Å². The van der Waals surface area contributed by atoms with E-state index in [2.05, 4.69) is 9.97 Å². The molecule has 0 bridgehead atoms. The highest BCUT2D eigenvalue weighted by molar-refractivity contribution is 5.45. The van der Waals surface area contributed by atoms with Crippen molar-refractivity contribution < 1.29 is 0 Å². The molecule has 0 atom stereocenters. The van der Waals surface area contributed by atoms with E-state index in [9.17, 15) is 0 Å². The van der Waals surface area contributed by atoms with Gasteiger partial charge in [-0.05, 0) is 11.6 Å². The topological polar surface area (TPSA) is 56.7 Å². The predicted molar refractivity (Wildman–Crippen MR) is 54.7 cm³/mol. The summed E-state index contributed by atoms with van der Waals surface area (Å²) in [6.45, 7) is 0. The van der Waals surface area contributed by atoms with Gasteiger partial charge in [-0.2, -0.15) is 0 Å². The second-order valence-corrected chi connectivity index (χ2v) is 3.21. The number of hydrogen-bond acceptors (Lipinski definition) is 3. The molecule has 0 saturated heterocycles. The second kappa shape index (κ2) is 3.49. The van der Waals surface area contributed by atoms with Crippen molar-refractivity contribution in [1.82, 2.24) is 14.5 Å². The third-order valence-electron chi connectivity index (χ3n) is 2.22. The Bertz CT molecular complexity index is 433. The van der Waals surface area contributed by atoms with Gasteiger partial charge in [-0.15, -0.1) is 0 Å². The van der Waals surface area contributed by atoms with Crippen molar-refractivity contribution in [1.29, 1.82) is 0 Å². The van der Waals surface area contributed by atoms with Crippen LogP contribution >= 0.6 is 0 Å². The summed E-state index contributed by atoms with van der Waals surface area (Å²) >= 11 is 0. The number of aromatic nitrogens is 3. The number of pyridine rings is 1. The van der Waals surface area contributed by atoms with Crippen molar-refractivity contribution in [2.75, 3.05) is 5.73 Å². The molecular weight excluding hydrogens is 176 g/mol. The first-order chi connectivity index (χ1) is 6.77. The smallest absolute Gasteiger partial charge is 0.112 e. The van der Waals surface area contributed by atoms with Crippen LogP contribution in [0.15, 0.2) is 30.9 Å². The molecule has 2 aromatic heterocycles. The first kappa shape index (κ1) is 8.74. The summed E-state index contributed by atoms with van der Waals surface area (Å²) in [4.78, 5) is 8.18. The van der Waals surface area contributed by atoms with E-state index in [-0.39, 0.29) is 0 Å². The van der Waals surface area contributed by atoms with E-state index in [1.54, 1.807) is 18.6 Å². The van der Waals surface area contributed by atoms with Crippen LogP contribution in [0.4, 0.5) is 5.69 Å². The van der Waals surface area contributed by atoms with E-state index in [0.29, 0.717) is 0 Å². The molecule has 4 nitrogen and oxygen atoms in total. The second-order valence-electron chi connectivity index (χ2n) is 3.21. The van der Waals surface area contributed by atoms with Crippen LogP contribution in [-0.2, 0) is 13.5 Å². The number of anilines is 1. The van der Waals surface area contributed by atoms with Gasteiger partial charge in [0.2, 0.25) is 0 Å². The molecule has 2 heterocycles. The fraction of sp³-hybridized carbons (Fsp3) is 0.200. The molecule has 0 radical (unpaired) electrons. The molecule has 0 spiro atoms. The Morgan fingerprint density at radius 3 is 2.93 bits per heavy atom. The maximum absolute atomic E-state index is 5.79. The third-order valence-corrected chi connectivity index (χ3v) is 2.22. The van der Waals surface area contributed by atoms with Crippen molar-refractivity contribution in [3.63, 3.8) is 0 Å². The van der Waals surface area contributed by atoms with Crippen LogP contribution in [-0.4, -0.2) is 14.5 Å². The largest absolute Gasteiger partial charge is 0.397 e. The van der Waals surface area contributed by atoms with Crippen molar-refractivity contribution in [2.24, 2.45) is 7.05 Å². The Balaban J connectivity index is 2.28. The molecule has 0 fully saturated rings. The van der Waals surface area contributed by atoms with Crippen molar-refractivity contribution in [2.45, 2.75) is 6.42 Å². The summed E-state index contributed by atoms with van der Waals surface area (Å²) in [5.41, 5.74) is 7.57. The van der Waals surface area contributed by atoms with Crippen molar-refractivity contribution in [3.8, 4) is 0 Å². The van der Waals surface area contributed by atoms with Crippen LogP contribution in [0.2, 0.25) is 0 Å². The lowest BCUT2D eigenvalue weighted by Crippen LogP contribution is -2.01. The molecule has 0 aliphatic carbocycles. The molecule has 0 unspecified atom stereocenters. The molecule has 2 aromatic rings. The fourth-order valence-electron chi connectivity index (χ4n) is 1.33. The highest BCUT2D eigenvalue weighted by atomic mass is 15.0. The van der Waals surface area contributed by atoms with Gasteiger partial charge in [-0.3, -0.25) is 4.98 Å². The molecule has 0 aliphatic heterocycles. The molecule has 14 heavy (non-hydrogen) atoms. The maximum Gasteiger partial charge on any atom is 0.112 e. The molecule has 0 saturated carbocycles. The van der Waals surface area contributed by atoms with Gasteiger partial charge in [0, 0.05) is 32.1 Å². The van der Waals surface area contributed by atoms with E-state index in [4.69, 9.17) is 5.73 Å². The minimum atomic E-state index is 0.718. The number of aryl methyl sites for hydroxylation is 1. The summed E-state index contributed by atoms with van der Waals surface area (Å²) < 4.78 is 1.99. The van der Waals surface area contributed by atoms with Gasteiger partial charge < -0.3 is 10.3 Å². The average molecular weight is 188 g/mol. The van der Waals surface area contributed by atoms with Crippen molar-refractivity contribution in [3.05, 3.63) is 42.2 Å². The first-order valence-corrected chi connectivity index (χ1v) is 4.42. The van der Waals surface area contributed by atoms with Gasteiger partial charge in [-0.25, -0.2) is 4.98 Å². The SMILES string of the molecule is Cn1ccnc1Cc1ccncc1N. The number of hydrogen-bond donors (Lipinski definition) is 1. The number of nitrogens with zero attached hydrogens (tertiary/aromatic N) is 3. The van der Waals surface area contributed by atoms with E-state index in [1.165, 1.54) is 0 Å². The Morgan fingerprint density at radius 1 is 1.43 bits per heavy atom. The van der Waals surface area contributed by atoms with Crippen molar-refractivity contribution >= 4 is 5.69 Å².